The fourth-order valence-corrected chi connectivity index (χ4v) is 1.97. The van der Waals surface area contributed by atoms with Crippen molar-refractivity contribution in [3.63, 3.8) is 0 Å². The molecule has 2 rings (SSSR count). The molecule has 0 radical (unpaired) electrons. The number of benzene rings is 1. The van der Waals surface area contributed by atoms with E-state index in [1.807, 2.05) is 0 Å². The maximum absolute atomic E-state index is 11.9. The zero-order valence-corrected chi connectivity index (χ0v) is 11.7. The van der Waals surface area contributed by atoms with Gasteiger partial charge < -0.3 is 20.5 Å². The molecule has 0 aliphatic heterocycles. The Hall–Kier alpha value is -2.24. The number of carboxylic acid groups (broad SMARTS) is 1. The van der Waals surface area contributed by atoms with Crippen molar-refractivity contribution in [3.05, 3.63) is 23.8 Å². The Morgan fingerprint density at radius 3 is 2.55 bits per heavy atom. The summed E-state index contributed by atoms with van der Waals surface area (Å²) in [5.41, 5.74) is 0.352. The second kappa shape index (κ2) is 5.03. The van der Waals surface area contributed by atoms with Crippen LogP contribution in [0, 0.1) is 5.41 Å². The molecule has 1 aromatic rings. The molecule has 1 aromatic carbocycles. The van der Waals surface area contributed by atoms with Crippen LogP contribution in [0.5, 0.6) is 5.75 Å². The van der Waals surface area contributed by atoms with Crippen LogP contribution in [-0.2, 0) is 0 Å². The second-order valence-corrected chi connectivity index (χ2v) is 5.56. The fourth-order valence-electron chi connectivity index (χ4n) is 1.97. The van der Waals surface area contributed by atoms with E-state index in [1.54, 1.807) is 0 Å². The van der Waals surface area contributed by atoms with Crippen molar-refractivity contribution in [2.45, 2.75) is 26.3 Å². The third-order valence-electron chi connectivity index (χ3n) is 3.52. The van der Waals surface area contributed by atoms with Crippen LogP contribution in [-0.4, -0.2) is 30.3 Å². The van der Waals surface area contributed by atoms with Crippen LogP contribution < -0.4 is 15.4 Å². The summed E-state index contributed by atoms with van der Waals surface area (Å²) in [5, 5.41) is 14.5. The Kier molecular flexibility index (Phi) is 3.57. The number of aromatic carboxylic acids is 1. The highest BCUT2D eigenvalue weighted by Gasteiger charge is 2.46. The van der Waals surface area contributed by atoms with Gasteiger partial charge in [0.15, 0.2) is 0 Å². The molecular weight excluding hydrogens is 260 g/mol. The minimum Gasteiger partial charge on any atom is -0.497 e. The zero-order valence-electron chi connectivity index (χ0n) is 11.7. The average Bonchev–Trinajstić information content (AvgIpc) is 2.95. The van der Waals surface area contributed by atoms with Gasteiger partial charge in [0.25, 0.3) is 0 Å². The highest BCUT2D eigenvalue weighted by atomic mass is 16.5. The number of hydrogen-bond acceptors (Lipinski definition) is 3. The van der Waals surface area contributed by atoms with Gasteiger partial charge in [0.1, 0.15) is 5.75 Å². The minimum absolute atomic E-state index is 0.0241. The SMILES string of the molecule is COc1ccc(C(=O)O)c(NC(=O)NC2CC2(C)C)c1. The van der Waals surface area contributed by atoms with Gasteiger partial charge in [0.2, 0.25) is 0 Å². The maximum Gasteiger partial charge on any atom is 0.337 e. The molecule has 1 fully saturated rings. The number of urea groups is 1. The minimum atomic E-state index is -1.10. The lowest BCUT2D eigenvalue weighted by atomic mass is 10.1. The molecule has 1 aliphatic rings. The molecule has 108 valence electrons. The van der Waals surface area contributed by atoms with E-state index in [0.29, 0.717) is 5.75 Å². The summed E-state index contributed by atoms with van der Waals surface area (Å²) >= 11 is 0. The Balaban J connectivity index is 2.11. The molecule has 6 nitrogen and oxygen atoms in total. The van der Waals surface area contributed by atoms with Gasteiger partial charge in [0, 0.05) is 12.1 Å². The van der Waals surface area contributed by atoms with Gasteiger partial charge in [-0.1, -0.05) is 13.8 Å². The first-order valence-corrected chi connectivity index (χ1v) is 6.32. The van der Waals surface area contributed by atoms with Gasteiger partial charge in [-0.2, -0.15) is 0 Å². The standard InChI is InChI=1S/C14H18N2O4/c1-14(2)7-11(14)16-13(19)15-10-6-8(20-3)4-5-9(10)12(17)18/h4-6,11H,7H2,1-3H3,(H,17,18)(H2,15,16,19). The van der Waals surface area contributed by atoms with Crippen molar-refractivity contribution in [3.8, 4) is 5.75 Å². The topological polar surface area (TPSA) is 87.7 Å². The zero-order chi connectivity index (χ0) is 14.9. The molecule has 0 heterocycles. The molecule has 1 atom stereocenters. The summed E-state index contributed by atoms with van der Waals surface area (Å²) < 4.78 is 5.03. The molecule has 1 aliphatic carbocycles. The van der Waals surface area contributed by atoms with E-state index < -0.39 is 12.0 Å². The van der Waals surface area contributed by atoms with Crippen LogP contribution in [0.15, 0.2) is 18.2 Å². The summed E-state index contributed by atoms with van der Waals surface area (Å²) in [6, 6.07) is 4.15. The summed E-state index contributed by atoms with van der Waals surface area (Å²) in [4.78, 5) is 23.0. The van der Waals surface area contributed by atoms with Crippen molar-refractivity contribution in [2.75, 3.05) is 12.4 Å². The maximum atomic E-state index is 11.9. The Labute approximate surface area is 117 Å². The number of carbonyl (C=O) groups excluding carboxylic acids is 1. The molecule has 6 heteroatoms. The number of carboxylic acids is 1. The van der Waals surface area contributed by atoms with Gasteiger partial charge in [-0.3, -0.25) is 0 Å². The summed E-state index contributed by atoms with van der Waals surface area (Å²) in [7, 11) is 1.48. The van der Waals surface area contributed by atoms with Gasteiger partial charge in [-0.25, -0.2) is 9.59 Å². The van der Waals surface area contributed by atoms with Crippen LogP contribution in [0.25, 0.3) is 0 Å². The molecule has 0 bridgehead atoms. The lowest BCUT2D eigenvalue weighted by molar-refractivity contribution is 0.0698. The number of amides is 2. The molecule has 0 spiro atoms. The molecular formula is C14H18N2O4. The quantitative estimate of drug-likeness (QED) is 0.788. The number of ether oxygens (including phenoxy) is 1. The van der Waals surface area contributed by atoms with E-state index in [-0.39, 0.29) is 22.7 Å². The van der Waals surface area contributed by atoms with E-state index in [1.165, 1.54) is 25.3 Å². The summed E-state index contributed by atoms with van der Waals surface area (Å²) in [6.45, 7) is 4.12. The van der Waals surface area contributed by atoms with Crippen LogP contribution >= 0.6 is 0 Å². The van der Waals surface area contributed by atoms with Crippen molar-refractivity contribution in [1.82, 2.24) is 5.32 Å². The van der Waals surface area contributed by atoms with Crippen molar-refractivity contribution in [2.24, 2.45) is 5.41 Å². The molecule has 0 aromatic heterocycles. The first-order chi connectivity index (χ1) is 9.33. The molecule has 3 N–H and O–H groups in total. The van der Waals surface area contributed by atoms with E-state index in [9.17, 15) is 9.59 Å². The normalized spacial score (nSPS) is 19.1. The van der Waals surface area contributed by atoms with Crippen LogP contribution in [0.3, 0.4) is 0 Å². The molecule has 1 unspecified atom stereocenters. The van der Waals surface area contributed by atoms with E-state index in [0.717, 1.165) is 6.42 Å². The predicted molar refractivity (Wildman–Crippen MR) is 74.3 cm³/mol. The van der Waals surface area contributed by atoms with Gasteiger partial charge in [0.05, 0.1) is 18.4 Å². The van der Waals surface area contributed by atoms with Crippen LogP contribution in [0.1, 0.15) is 30.6 Å². The number of nitrogens with one attached hydrogen (secondary N) is 2. The highest BCUT2D eigenvalue weighted by molar-refractivity contribution is 6.00. The van der Waals surface area contributed by atoms with E-state index >= 15 is 0 Å². The van der Waals surface area contributed by atoms with Crippen LogP contribution in [0.4, 0.5) is 10.5 Å². The number of hydrogen-bond donors (Lipinski definition) is 3. The Morgan fingerprint density at radius 2 is 2.05 bits per heavy atom. The molecule has 1 saturated carbocycles. The average molecular weight is 278 g/mol. The number of rotatable bonds is 4. The third-order valence-corrected chi connectivity index (χ3v) is 3.52. The second-order valence-electron chi connectivity index (χ2n) is 5.56. The first-order valence-electron chi connectivity index (χ1n) is 6.32. The van der Waals surface area contributed by atoms with Crippen LogP contribution in [0.2, 0.25) is 0 Å². The number of anilines is 1. The molecule has 20 heavy (non-hydrogen) atoms. The Morgan fingerprint density at radius 1 is 1.40 bits per heavy atom. The molecule has 0 saturated heterocycles. The Bertz CT molecular complexity index is 554. The molecule has 2 amide bonds. The summed E-state index contributed by atoms with van der Waals surface area (Å²) in [6.07, 6.45) is 0.921. The number of carbonyl (C=O) groups is 2. The predicted octanol–water partition coefficient (Wildman–Crippen LogP) is 2.31. The lowest BCUT2D eigenvalue weighted by Gasteiger charge is -2.12. The monoisotopic (exact) mass is 278 g/mol. The largest absolute Gasteiger partial charge is 0.497 e. The van der Waals surface area contributed by atoms with Gasteiger partial charge in [-0.15, -0.1) is 0 Å². The lowest BCUT2D eigenvalue weighted by Crippen LogP contribution is -2.33. The van der Waals surface area contributed by atoms with Crippen molar-refractivity contribution >= 4 is 17.7 Å². The highest BCUT2D eigenvalue weighted by Crippen LogP contribution is 2.44. The van der Waals surface area contributed by atoms with Gasteiger partial charge in [-0.05, 0) is 24.0 Å². The van der Waals surface area contributed by atoms with E-state index in [4.69, 9.17) is 9.84 Å². The first kappa shape index (κ1) is 14.2. The van der Waals surface area contributed by atoms with Gasteiger partial charge >= 0.3 is 12.0 Å². The van der Waals surface area contributed by atoms with E-state index in [2.05, 4.69) is 24.5 Å². The fraction of sp³-hybridized carbons (Fsp3) is 0.429. The third kappa shape index (κ3) is 3.01. The smallest absolute Gasteiger partial charge is 0.337 e. The van der Waals surface area contributed by atoms with Crippen molar-refractivity contribution in [1.29, 1.82) is 0 Å². The van der Waals surface area contributed by atoms with Crippen molar-refractivity contribution < 1.29 is 19.4 Å². The summed E-state index contributed by atoms with van der Waals surface area (Å²) in [5.74, 6) is -0.619. The number of methoxy groups -OCH3 is 1.